The van der Waals surface area contributed by atoms with Crippen LogP contribution in [0, 0.1) is 5.82 Å². The summed E-state index contributed by atoms with van der Waals surface area (Å²) < 4.78 is 17.6. The Morgan fingerprint density at radius 2 is 1.89 bits per heavy atom. The summed E-state index contributed by atoms with van der Waals surface area (Å²) in [6.07, 6.45) is 13.2. The van der Waals surface area contributed by atoms with Gasteiger partial charge in [-0.05, 0) is 36.3 Å². The van der Waals surface area contributed by atoms with Crippen molar-refractivity contribution in [2.45, 2.75) is 6.92 Å². The molecule has 0 spiro atoms. The maximum Gasteiger partial charge on any atom is 0.123 e. The standard InChI is InChI=1S/C16H17FO/c1-3-4-5-14(12-13-18-2)6-7-15-8-10-16(17)11-9-15/h3-13H,1-2H3/b4-3-,7-6+,13-12+,14-5-. The zero-order chi connectivity index (χ0) is 13.2. The van der Waals surface area contributed by atoms with Gasteiger partial charge >= 0.3 is 0 Å². The van der Waals surface area contributed by atoms with Crippen molar-refractivity contribution in [3.05, 3.63) is 77.9 Å². The van der Waals surface area contributed by atoms with Crippen molar-refractivity contribution in [1.29, 1.82) is 0 Å². The van der Waals surface area contributed by atoms with Crippen LogP contribution in [0.5, 0.6) is 0 Å². The second-order valence-corrected chi connectivity index (χ2v) is 3.62. The molecule has 18 heavy (non-hydrogen) atoms. The van der Waals surface area contributed by atoms with E-state index in [0.717, 1.165) is 11.1 Å². The van der Waals surface area contributed by atoms with Gasteiger partial charge < -0.3 is 4.74 Å². The van der Waals surface area contributed by atoms with Gasteiger partial charge in [-0.15, -0.1) is 0 Å². The summed E-state index contributed by atoms with van der Waals surface area (Å²) in [5.41, 5.74) is 1.95. The fourth-order valence-electron chi connectivity index (χ4n) is 1.29. The molecule has 0 fully saturated rings. The lowest BCUT2D eigenvalue weighted by Crippen LogP contribution is -1.76. The predicted octanol–water partition coefficient (Wildman–Crippen LogP) is 4.50. The van der Waals surface area contributed by atoms with Crippen molar-refractivity contribution < 1.29 is 9.13 Å². The van der Waals surface area contributed by atoms with E-state index in [0.29, 0.717) is 0 Å². The van der Waals surface area contributed by atoms with Crippen molar-refractivity contribution in [2.75, 3.05) is 7.11 Å². The highest BCUT2D eigenvalue weighted by Crippen LogP contribution is 2.08. The minimum absolute atomic E-state index is 0.226. The molecule has 2 heteroatoms. The highest BCUT2D eigenvalue weighted by atomic mass is 19.1. The maximum atomic E-state index is 12.7. The molecule has 0 saturated heterocycles. The van der Waals surface area contributed by atoms with Gasteiger partial charge in [0.25, 0.3) is 0 Å². The Morgan fingerprint density at radius 3 is 2.50 bits per heavy atom. The van der Waals surface area contributed by atoms with Crippen LogP contribution in [0.3, 0.4) is 0 Å². The van der Waals surface area contributed by atoms with Gasteiger partial charge in [0.1, 0.15) is 5.82 Å². The van der Waals surface area contributed by atoms with Gasteiger partial charge in [-0.1, -0.05) is 42.5 Å². The molecule has 0 amide bonds. The van der Waals surface area contributed by atoms with Crippen LogP contribution in [0.25, 0.3) is 6.08 Å². The molecule has 0 N–H and O–H groups in total. The minimum Gasteiger partial charge on any atom is -0.504 e. The van der Waals surface area contributed by atoms with Gasteiger partial charge in [-0.2, -0.15) is 0 Å². The molecule has 0 heterocycles. The first kappa shape index (κ1) is 14.0. The number of hydrogen-bond donors (Lipinski definition) is 0. The van der Waals surface area contributed by atoms with Crippen molar-refractivity contribution >= 4 is 6.08 Å². The van der Waals surface area contributed by atoms with E-state index in [9.17, 15) is 4.39 Å². The van der Waals surface area contributed by atoms with E-state index in [1.54, 1.807) is 25.5 Å². The average molecular weight is 244 g/mol. The fourth-order valence-corrected chi connectivity index (χ4v) is 1.29. The van der Waals surface area contributed by atoms with E-state index in [2.05, 4.69) is 0 Å². The maximum absolute atomic E-state index is 12.7. The fraction of sp³-hybridized carbons (Fsp3) is 0.125. The zero-order valence-corrected chi connectivity index (χ0v) is 10.6. The van der Waals surface area contributed by atoms with Crippen LogP contribution < -0.4 is 0 Å². The van der Waals surface area contributed by atoms with E-state index in [-0.39, 0.29) is 5.82 Å². The van der Waals surface area contributed by atoms with Gasteiger partial charge in [-0.25, -0.2) is 4.39 Å². The van der Waals surface area contributed by atoms with E-state index in [1.807, 2.05) is 43.4 Å². The summed E-state index contributed by atoms with van der Waals surface area (Å²) in [4.78, 5) is 0. The lowest BCUT2D eigenvalue weighted by molar-refractivity contribution is 0.338. The molecule has 0 unspecified atom stereocenters. The molecule has 94 valence electrons. The van der Waals surface area contributed by atoms with E-state index >= 15 is 0 Å². The number of rotatable bonds is 5. The molecule has 0 bridgehead atoms. The molecule has 1 aromatic rings. The van der Waals surface area contributed by atoms with Gasteiger partial charge in [0, 0.05) is 0 Å². The highest BCUT2D eigenvalue weighted by Gasteiger charge is 1.89. The summed E-state index contributed by atoms with van der Waals surface area (Å²) in [7, 11) is 1.60. The SMILES string of the molecule is C\C=C/C=C(\C=C\OC)/C=C/c1ccc(F)cc1. The first-order valence-electron chi connectivity index (χ1n) is 5.72. The lowest BCUT2D eigenvalue weighted by Gasteiger charge is -1.95. The summed E-state index contributed by atoms with van der Waals surface area (Å²) in [5.74, 6) is -0.226. The van der Waals surface area contributed by atoms with Crippen molar-refractivity contribution in [3.8, 4) is 0 Å². The Labute approximate surface area is 108 Å². The van der Waals surface area contributed by atoms with Crippen LogP contribution in [-0.4, -0.2) is 7.11 Å². The van der Waals surface area contributed by atoms with E-state index in [1.165, 1.54) is 12.1 Å². The lowest BCUT2D eigenvalue weighted by atomic mass is 10.1. The molecular weight excluding hydrogens is 227 g/mol. The van der Waals surface area contributed by atoms with Crippen LogP contribution in [0.15, 0.2) is 66.5 Å². The smallest absolute Gasteiger partial charge is 0.123 e. The molecule has 0 aliphatic rings. The van der Waals surface area contributed by atoms with Crippen LogP contribution in [-0.2, 0) is 4.74 Å². The molecular formula is C16H17FO. The van der Waals surface area contributed by atoms with Crippen molar-refractivity contribution in [2.24, 2.45) is 0 Å². The molecule has 0 aliphatic carbocycles. The van der Waals surface area contributed by atoms with Gasteiger partial charge in [0.15, 0.2) is 0 Å². The quantitative estimate of drug-likeness (QED) is 0.547. The zero-order valence-electron chi connectivity index (χ0n) is 10.6. The Kier molecular flexibility index (Phi) is 6.26. The number of hydrogen-bond acceptors (Lipinski definition) is 1. The molecule has 0 aromatic heterocycles. The molecule has 0 atom stereocenters. The largest absolute Gasteiger partial charge is 0.504 e. The molecule has 1 aromatic carbocycles. The van der Waals surface area contributed by atoms with Crippen LogP contribution >= 0.6 is 0 Å². The molecule has 0 saturated carbocycles. The highest BCUT2D eigenvalue weighted by molar-refractivity contribution is 5.54. The van der Waals surface area contributed by atoms with Crippen LogP contribution in [0.2, 0.25) is 0 Å². The van der Waals surface area contributed by atoms with E-state index in [4.69, 9.17) is 4.74 Å². The number of halogens is 1. The molecule has 0 radical (unpaired) electrons. The predicted molar refractivity (Wildman–Crippen MR) is 74.5 cm³/mol. The van der Waals surface area contributed by atoms with Gasteiger partial charge in [0.05, 0.1) is 13.4 Å². The van der Waals surface area contributed by atoms with Crippen molar-refractivity contribution in [1.82, 2.24) is 0 Å². The first-order valence-corrected chi connectivity index (χ1v) is 5.72. The molecule has 1 nitrogen and oxygen atoms in total. The van der Waals surface area contributed by atoms with Crippen LogP contribution in [0.1, 0.15) is 12.5 Å². The normalized spacial score (nSPS) is 12.9. The Bertz CT molecular complexity index is 464. The summed E-state index contributed by atoms with van der Waals surface area (Å²) >= 11 is 0. The Balaban J connectivity index is 2.82. The van der Waals surface area contributed by atoms with E-state index < -0.39 is 0 Å². The van der Waals surface area contributed by atoms with Gasteiger partial charge in [-0.3, -0.25) is 0 Å². The number of ether oxygens (including phenoxy) is 1. The Hall–Kier alpha value is -2.09. The second kappa shape index (κ2) is 8.07. The average Bonchev–Trinajstić information content (AvgIpc) is 2.40. The monoisotopic (exact) mass is 244 g/mol. The number of benzene rings is 1. The van der Waals surface area contributed by atoms with Crippen molar-refractivity contribution in [3.63, 3.8) is 0 Å². The summed E-state index contributed by atoms with van der Waals surface area (Å²) in [5, 5.41) is 0. The molecule has 1 rings (SSSR count). The third-order valence-electron chi connectivity index (χ3n) is 2.22. The number of methoxy groups -OCH3 is 1. The van der Waals surface area contributed by atoms with Crippen LogP contribution in [0.4, 0.5) is 4.39 Å². The summed E-state index contributed by atoms with van der Waals surface area (Å²) in [6, 6.07) is 6.36. The third kappa shape index (κ3) is 5.30. The van der Waals surface area contributed by atoms with Gasteiger partial charge in [0.2, 0.25) is 0 Å². The Morgan fingerprint density at radius 1 is 1.17 bits per heavy atom. The molecule has 0 aliphatic heterocycles. The minimum atomic E-state index is -0.226. The third-order valence-corrected chi connectivity index (χ3v) is 2.22. The first-order chi connectivity index (χ1) is 8.76. The topological polar surface area (TPSA) is 9.23 Å². The second-order valence-electron chi connectivity index (χ2n) is 3.62. The number of allylic oxidation sites excluding steroid dienone is 6. The summed E-state index contributed by atoms with van der Waals surface area (Å²) in [6.45, 7) is 1.96.